The fourth-order valence-corrected chi connectivity index (χ4v) is 1.26. The minimum Gasteiger partial charge on any atom is -0.385 e. The van der Waals surface area contributed by atoms with Crippen molar-refractivity contribution in [2.24, 2.45) is 25.7 Å². The Hall–Kier alpha value is -1.04. The van der Waals surface area contributed by atoms with Crippen LogP contribution in [0.4, 0.5) is 0 Å². The summed E-state index contributed by atoms with van der Waals surface area (Å²) in [5.74, 6) is 1.04. The predicted octanol–water partition coefficient (Wildman–Crippen LogP) is -0.0829. The van der Waals surface area contributed by atoms with Crippen molar-refractivity contribution in [3.8, 4) is 0 Å². The Labute approximate surface area is 71.0 Å². The van der Waals surface area contributed by atoms with Crippen LogP contribution in [-0.4, -0.2) is 28.8 Å². The maximum atomic E-state index is 5.53. The average molecular weight is 214 g/mol. The van der Waals surface area contributed by atoms with Crippen LogP contribution in [0.2, 0.25) is 0 Å². The highest BCUT2D eigenvalue weighted by Crippen LogP contribution is 2.12. The van der Waals surface area contributed by atoms with Gasteiger partial charge in [-0.05, 0) is 15.9 Å². The third-order valence-corrected chi connectivity index (χ3v) is 1.75. The summed E-state index contributed by atoms with van der Waals surface area (Å²) in [4.78, 5) is 15.7. The molecule has 2 aliphatic heterocycles. The van der Waals surface area contributed by atoms with Crippen LogP contribution in [0.5, 0.6) is 0 Å². The molecule has 0 aromatic carbocycles. The van der Waals surface area contributed by atoms with Gasteiger partial charge in [0.2, 0.25) is 0 Å². The summed E-state index contributed by atoms with van der Waals surface area (Å²) in [6.45, 7) is 0. The molecule has 2 rings (SSSR count). The highest BCUT2D eigenvalue weighted by Gasteiger charge is 2.26. The van der Waals surface area contributed by atoms with Gasteiger partial charge < -0.3 is 5.73 Å². The molecule has 11 heavy (non-hydrogen) atoms. The number of halogens is 1. The normalized spacial score (nSPS) is 27.4. The lowest BCUT2D eigenvalue weighted by Crippen LogP contribution is -2.34. The summed E-state index contributed by atoms with van der Waals surface area (Å²) in [6.07, 6.45) is 1.38. The largest absolute Gasteiger partial charge is 0.385 e. The number of nitrogens with zero attached hydrogens (tertiary/aromatic N) is 4. The Kier molecular flexibility index (Phi) is 1.35. The van der Waals surface area contributed by atoms with Gasteiger partial charge in [-0.2, -0.15) is 0 Å². The zero-order valence-electron chi connectivity index (χ0n) is 5.40. The maximum absolute atomic E-state index is 5.53. The number of aliphatic imine (C=N–C) groups is 4. The van der Waals surface area contributed by atoms with Crippen LogP contribution < -0.4 is 5.73 Å². The van der Waals surface area contributed by atoms with Crippen LogP contribution in [0.1, 0.15) is 0 Å². The molecule has 5 nitrogen and oxygen atoms in total. The number of rotatable bonds is 0. The van der Waals surface area contributed by atoms with Gasteiger partial charge in [0.15, 0.2) is 16.6 Å². The molecule has 0 amide bonds. The number of hydrogen-bond acceptors (Lipinski definition) is 5. The van der Waals surface area contributed by atoms with Gasteiger partial charge in [0.1, 0.15) is 12.2 Å². The van der Waals surface area contributed by atoms with E-state index in [1.165, 1.54) is 6.34 Å². The van der Waals surface area contributed by atoms with Crippen LogP contribution in [0.15, 0.2) is 20.0 Å². The van der Waals surface area contributed by atoms with E-state index in [9.17, 15) is 0 Å². The smallest absolute Gasteiger partial charge is 0.194 e. The summed E-state index contributed by atoms with van der Waals surface area (Å²) in [5, 5.41) is 0. The van der Waals surface area contributed by atoms with E-state index in [0.717, 1.165) is 0 Å². The molecule has 0 radical (unpaired) electrons. The van der Waals surface area contributed by atoms with E-state index in [2.05, 4.69) is 35.9 Å². The summed E-state index contributed by atoms with van der Waals surface area (Å²) in [5.41, 5.74) is 5.53. The first-order chi connectivity index (χ1) is 5.27. The lowest BCUT2D eigenvalue weighted by molar-refractivity contribution is 1.12. The van der Waals surface area contributed by atoms with Crippen LogP contribution in [0.25, 0.3) is 0 Å². The Bertz CT molecular complexity index is 313. The maximum Gasteiger partial charge on any atom is 0.194 e. The number of hydrogen-bond donors (Lipinski definition) is 1. The molecule has 0 aromatic rings. The van der Waals surface area contributed by atoms with E-state index in [1.807, 2.05) is 0 Å². The Morgan fingerprint density at radius 1 is 1.55 bits per heavy atom. The van der Waals surface area contributed by atoms with E-state index < -0.39 is 0 Å². The fraction of sp³-hybridized carbons (Fsp3) is 0.200. The first kappa shape index (κ1) is 6.66. The molecule has 0 bridgehead atoms. The van der Waals surface area contributed by atoms with Crippen LogP contribution in [0, 0.1) is 0 Å². The van der Waals surface area contributed by atoms with Gasteiger partial charge in [-0.15, -0.1) is 0 Å². The van der Waals surface area contributed by atoms with Crippen molar-refractivity contribution >= 4 is 38.7 Å². The first-order valence-corrected chi connectivity index (χ1v) is 3.74. The average Bonchev–Trinajstić information content (AvgIpc) is 2.31. The van der Waals surface area contributed by atoms with Gasteiger partial charge in [-0.3, -0.25) is 0 Å². The van der Waals surface area contributed by atoms with E-state index in [-0.39, 0.29) is 6.04 Å². The Balaban J connectivity index is 2.44. The SMILES string of the molecule is NC1=NC=NC2=NC(Br)=NC12. The molecule has 0 fully saturated rings. The van der Waals surface area contributed by atoms with Crippen molar-refractivity contribution in [2.75, 3.05) is 0 Å². The number of nitrogens with two attached hydrogens (primary N) is 1. The van der Waals surface area contributed by atoms with Crippen molar-refractivity contribution in [3.05, 3.63) is 0 Å². The monoisotopic (exact) mass is 213 g/mol. The number of fused-ring (bicyclic) bond motifs is 1. The molecule has 2 aliphatic rings. The van der Waals surface area contributed by atoms with E-state index in [0.29, 0.717) is 16.4 Å². The third kappa shape index (κ3) is 0.988. The third-order valence-electron chi connectivity index (χ3n) is 1.36. The minimum atomic E-state index is -0.269. The van der Waals surface area contributed by atoms with E-state index in [1.54, 1.807) is 0 Å². The summed E-state index contributed by atoms with van der Waals surface area (Å²) in [7, 11) is 0. The second-order valence-electron chi connectivity index (χ2n) is 2.07. The zero-order chi connectivity index (χ0) is 7.84. The lowest BCUT2D eigenvalue weighted by atomic mass is 10.2. The molecule has 1 unspecified atom stereocenters. The van der Waals surface area contributed by atoms with Gasteiger partial charge in [0, 0.05) is 0 Å². The van der Waals surface area contributed by atoms with Crippen LogP contribution in [-0.2, 0) is 0 Å². The first-order valence-electron chi connectivity index (χ1n) is 2.95. The molecule has 0 aliphatic carbocycles. The molecule has 2 heterocycles. The second kappa shape index (κ2) is 2.23. The molecule has 6 heteroatoms. The topological polar surface area (TPSA) is 75.5 Å². The highest BCUT2D eigenvalue weighted by atomic mass is 79.9. The van der Waals surface area contributed by atoms with Crippen molar-refractivity contribution in [3.63, 3.8) is 0 Å². The minimum absolute atomic E-state index is 0.269. The Morgan fingerprint density at radius 2 is 2.36 bits per heavy atom. The van der Waals surface area contributed by atoms with Gasteiger partial charge >= 0.3 is 0 Å². The van der Waals surface area contributed by atoms with Gasteiger partial charge in [0.05, 0.1) is 0 Å². The Morgan fingerprint density at radius 3 is 3.09 bits per heavy atom. The van der Waals surface area contributed by atoms with Gasteiger partial charge in [-0.1, -0.05) is 0 Å². The van der Waals surface area contributed by atoms with E-state index >= 15 is 0 Å². The molecule has 0 spiro atoms. The second-order valence-corrected chi connectivity index (χ2v) is 2.78. The van der Waals surface area contributed by atoms with Crippen molar-refractivity contribution in [2.45, 2.75) is 6.04 Å². The summed E-state index contributed by atoms with van der Waals surface area (Å²) >= 11 is 3.13. The number of amidine groups is 3. The molecular formula is C5H4BrN5. The molecule has 2 N–H and O–H groups in total. The zero-order valence-corrected chi connectivity index (χ0v) is 6.98. The van der Waals surface area contributed by atoms with Gasteiger partial charge in [-0.25, -0.2) is 20.0 Å². The van der Waals surface area contributed by atoms with Crippen LogP contribution >= 0.6 is 15.9 Å². The molecule has 0 saturated carbocycles. The molecule has 0 saturated heterocycles. The molecule has 1 atom stereocenters. The van der Waals surface area contributed by atoms with E-state index in [4.69, 9.17) is 5.73 Å². The lowest BCUT2D eigenvalue weighted by Gasteiger charge is -2.07. The summed E-state index contributed by atoms with van der Waals surface area (Å²) in [6, 6.07) is -0.269. The summed E-state index contributed by atoms with van der Waals surface area (Å²) < 4.78 is 0.523. The molecule has 56 valence electrons. The highest BCUT2D eigenvalue weighted by molar-refractivity contribution is 9.18. The standard InChI is InChI=1S/C5H4BrN5/c6-5-10-2-3(7)8-1-9-4(2)11-5/h1-2H,(H2,7,8,9,10,11). The van der Waals surface area contributed by atoms with Gasteiger partial charge in [0.25, 0.3) is 0 Å². The predicted molar refractivity (Wildman–Crippen MR) is 47.7 cm³/mol. The van der Waals surface area contributed by atoms with Crippen molar-refractivity contribution in [1.29, 1.82) is 0 Å². The van der Waals surface area contributed by atoms with Crippen molar-refractivity contribution in [1.82, 2.24) is 0 Å². The van der Waals surface area contributed by atoms with Crippen molar-refractivity contribution < 1.29 is 0 Å². The quantitative estimate of drug-likeness (QED) is 0.562. The molecule has 0 aromatic heterocycles. The molecular weight excluding hydrogens is 210 g/mol. The van der Waals surface area contributed by atoms with Crippen LogP contribution in [0.3, 0.4) is 0 Å². The fourth-order valence-electron chi connectivity index (χ4n) is 0.872.